The fourth-order valence-electron chi connectivity index (χ4n) is 8.84. The van der Waals surface area contributed by atoms with Crippen LogP contribution in [0, 0.1) is 5.92 Å². The molecule has 0 amide bonds. The topological polar surface area (TPSA) is 144 Å². The summed E-state index contributed by atoms with van der Waals surface area (Å²) in [7, 11) is 3.38. The van der Waals surface area contributed by atoms with Gasteiger partial charge in [-0.3, -0.25) is 4.79 Å². The molecule has 1 aromatic heterocycles. The number of aliphatic hydroxyl groups is 1. The maximum Gasteiger partial charge on any atom is 0.164 e. The first-order valence-corrected chi connectivity index (χ1v) is 20.8. The number of aromatic amines is 1. The van der Waals surface area contributed by atoms with Crippen molar-refractivity contribution in [3.63, 3.8) is 0 Å². The summed E-state index contributed by atoms with van der Waals surface area (Å²) in [5.41, 5.74) is 6.11. The van der Waals surface area contributed by atoms with Crippen molar-refractivity contribution in [1.82, 2.24) is 10.3 Å². The van der Waals surface area contributed by atoms with E-state index < -0.39 is 12.0 Å². The number of phenols is 3. The second-order valence-electron chi connectivity index (χ2n) is 16.1. The Kier molecular flexibility index (Phi) is 13.6. The molecule has 9 heteroatoms. The van der Waals surface area contributed by atoms with Gasteiger partial charge in [0.15, 0.2) is 23.0 Å². The number of rotatable bonds is 18. The molecule has 1 heterocycles. The lowest BCUT2D eigenvalue weighted by atomic mass is 9.80. The molecule has 9 nitrogen and oxygen atoms in total. The first-order valence-electron chi connectivity index (χ1n) is 20.8. The number of nitrogens with one attached hydrogen (secondary N) is 2. The van der Waals surface area contributed by atoms with Crippen LogP contribution in [0.4, 0.5) is 0 Å². The first-order chi connectivity index (χ1) is 28.7. The van der Waals surface area contributed by atoms with E-state index >= 15 is 0 Å². The molecule has 0 radical (unpaired) electrons. The van der Waals surface area contributed by atoms with Gasteiger partial charge in [0.2, 0.25) is 0 Å². The minimum Gasteiger partial charge on any atom is -0.508 e. The molecule has 1 aliphatic rings. The van der Waals surface area contributed by atoms with E-state index in [9.17, 15) is 25.2 Å². The largest absolute Gasteiger partial charge is 0.508 e. The number of aromatic nitrogens is 1. The predicted octanol–water partition coefficient (Wildman–Crippen LogP) is 9.06. The number of carbonyl (C=O) groups excluding carboxylic acids is 1. The maximum atomic E-state index is 14.7. The van der Waals surface area contributed by atoms with Crippen LogP contribution < -0.4 is 14.8 Å². The van der Waals surface area contributed by atoms with Crippen LogP contribution in [0.15, 0.2) is 109 Å². The number of Topliss-reactive ketones (excluding diaryl/α,β-unsaturated/α-hetero) is 1. The van der Waals surface area contributed by atoms with Gasteiger partial charge in [0.25, 0.3) is 0 Å². The summed E-state index contributed by atoms with van der Waals surface area (Å²) in [6, 6.07) is 30.4. The Morgan fingerprint density at radius 1 is 0.814 bits per heavy atom. The van der Waals surface area contributed by atoms with Gasteiger partial charge in [0.1, 0.15) is 11.5 Å². The molecule has 7 rings (SSSR count). The number of fused-ring (bicyclic) bond motifs is 1. The third-order valence-electron chi connectivity index (χ3n) is 11.9. The number of ether oxygens (including phenoxy) is 2. The highest BCUT2D eigenvalue weighted by atomic mass is 16.5. The van der Waals surface area contributed by atoms with Gasteiger partial charge in [-0.2, -0.15) is 0 Å². The van der Waals surface area contributed by atoms with E-state index in [4.69, 9.17) is 9.47 Å². The maximum absolute atomic E-state index is 14.7. The molecule has 0 aliphatic heterocycles. The van der Waals surface area contributed by atoms with Crippen LogP contribution in [0.1, 0.15) is 83.4 Å². The fourth-order valence-corrected chi connectivity index (χ4v) is 8.84. The SMILES string of the molecule is CNCc1cc(O)cc([C@@H](Cc2ccc(O)c(OC3CCCCC3)c2)C(=O)C[C@@H](O)[C@H](Cc2cc[nH]c2)Cc2ccc(O)c(OC)c2Cc2cccc3ccccc23)c1. The summed E-state index contributed by atoms with van der Waals surface area (Å²) < 4.78 is 12.1. The van der Waals surface area contributed by atoms with E-state index in [0.717, 1.165) is 69.8 Å². The minimum atomic E-state index is -1.04. The zero-order valence-electron chi connectivity index (χ0n) is 34.0. The molecule has 1 saturated carbocycles. The number of aliphatic hydroxyl groups excluding tert-OH is 1. The van der Waals surface area contributed by atoms with Gasteiger partial charge in [-0.05, 0) is 138 Å². The lowest BCUT2D eigenvalue weighted by Gasteiger charge is -2.27. The molecular weight excluding hydrogens is 741 g/mol. The van der Waals surface area contributed by atoms with Crippen molar-refractivity contribution in [3.05, 3.63) is 148 Å². The molecule has 6 aromatic rings. The Morgan fingerprint density at radius 3 is 2.39 bits per heavy atom. The number of hydrogen-bond donors (Lipinski definition) is 6. The molecule has 59 heavy (non-hydrogen) atoms. The second kappa shape index (κ2) is 19.3. The zero-order chi connectivity index (χ0) is 41.3. The highest BCUT2D eigenvalue weighted by Gasteiger charge is 2.30. The van der Waals surface area contributed by atoms with Gasteiger partial charge in [-0.15, -0.1) is 0 Å². The molecule has 0 saturated heterocycles. The standard InChI is InChI=1S/C50H56N2O7/c1-51-30-34-22-38(27-40(53)23-34)43(24-32-15-17-45(54)49(25-32)59-41-12-4-3-5-13-41)48(57)29-47(56)39(21-33-19-20-52-31-33)26-37-16-18-46(55)50(58-2)44(37)28-36-11-8-10-35-9-6-7-14-42(35)36/h6-11,14-20,22-23,25,27,31,39,41,43,47,51-56H,3-5,12-13,21,24,26,28-30H2,1-2H3/t39-,43-,47-/m1/s1. The molecular formula is C50H56N2O7. The number of benzene rings is 5. The zero-order valence-corrected chi connectivity index (χ0v) is 34.0. The van der Waals surface area contributed by atoms with Crippen LogP contribution in [0.5, 0.6) is 28.7 Å². The number of carbonyl (C=O) groups is 1. The monoisotopic (exact) mass is 796 g/mol. The van der Waals surface area contributed by atoms with Crippen molar-refractivity contribution in [1.29, 1.82) is 0 Å². The van der Waals surface area contributed by atoms with Crippen LogP contribution in [0.3, 0.4) is 0 Å². The minimum absolute atomic E-state index is 0.0331. The first kappa shape index (κ1) is 41.4. The molecule has 308 valence electrons. The number of ketones is 1. The van der Waals surface area contributed by atoms with E-state index in [1.807, 2.05) is 68.0 Å². The number of phenolic OH excluding ortho intramolecular Hbond substituents is 3. The van der Waals surface area contributed by atoms with Gasteiger partial charge in [-0.1, -0.05) is 67.1 Å². The van der Waals surface area contributed by atoms with Crippen molar-refractivity contribution < 1.29 is 34.7 Å². The van der Waals surface area contributed by atoms with Crippen LogP contribution in [0.25, 0.3) is 10.8 Å². The van der Waals surface area contributed by atoms with Crippen LogP contribution >= 0.6 is 0 Å². The van der Waals surface area contributed by atoms with E-state index in [0.29, 0.717) is 42.9 Å². The van der Waals surface area contributed by atoms with Gasteiger partial charge < -0.3 is 40.2 Å². The molecule has 0 unspecified atom stereocenters. The number of H-pyrrole nitrogens is 1. The number of methoxy groups -OCH3 is 1. The summed E-state index contributed by atoms with van der Waals surface area (Å²) in [5, 5.41) is 50.2. The number of aromatic hydroxyl groups is 3. The smallest absolute Gasteiger partial charge is 0.164 e. The van der Waals surface area contributed by atoms with Crippen LogP contribution in [-0.2, 0) is 37.0 Å². The van der Waals surface area contributed by atoms with E-state index in [1.54, 1.807) is 31.4 Å². The average Bonchev–Trinajstić information content (AvgIpc) is 3.75. The van der Waals surface area contributed by atoms with Crippen molar-refractivity contribution in [2.75, 3.05) is 14.2 Å². The predicted molar refractivity (Wildman–Crippen MR) is 232 cm³/mol. The van der Waals surface area contributed by atoms with Crippen LogP contribution in [-0.4, -0.2) is 57.6 Å². The lowest BCUT2D eigenvalue weighted by Crippen LogP contribution is -2.30. The Hall–Kier alpha value is -5.77. The van der Waals surface area contributed by atoms with Crippen molar-refractivity contribution in [2.24, 2.45) is 5.92 Å². The van der Waals surface area contributed by atoms with Crippen LogP contribution in [0.2, 0.25) is 0 Å². The highest BCUT2D eigenvalue weighted by molar-refractivity contribution is 5.87. The lowest BCUT2D eigenvalue weighted by molar-refractivity contribution is -0.123. The summed E-state index contributed by atoms with van der Waals surface area (Å²) in [4.78, 5) is 17.9. The molecule has 1 fully saturated rings. The number of hydrogen-bond acceptors (Lipinski definition) is 8. The summed E-state index contributed by atoms with van der Waals surface area (Å²) in [6.07, 6.45) is 9.55. The summed E-state index contributed by atoms with van der Waals surface area (Å²) in [6.45, 7) is 0.499. The summed E-state index contributed by atoms with van der Waals surface area (Å²) in [5.74, 6) is -0.302. The third kappa shape index (κ3) is 10.3. The quantitative estimate of drug-likeness (QED) is 0.0506. The fraction of sp³-hybridized carbons (Fsp3) is 0.340. The molecule has 1 aliphatic carbocycles. The summed E-state index contributed by atoms with van der Waals surface area (Å²) >= 11 is 0. The Morgan fingerprint density at radius 2 is 1.61 bits per heavy atom. The van der Waals surface area contributed by atoms with Gasteiger partial charge in [0, 0.05) is 43.3 Å². The van der Waals surface area contributed by atoms with Crippen molar-refractivity contribution >= 4 is 16.6 Å². The normalized spacial score (nSPS) is 14.8. The average molecular weight is 797 g/mol. The van der Waals surface area contributed by atoms with E-state index in [2.05, 4.69) is 34.6 Å². The molecule has 0 spiro atoms. The van der Waals surface area contributed by atoms with Gasteiger partial charge >= 0.3 is 0 Å². The molecule has 3 atom stereocenters. The van der Waals surface area contributed by atoms with E-state index in [-0.39, 0.29) is 47.9 Å². The highest BCUT2D eigenvalue weighted by Crippen LogP contribution is 2.39. The molecule has 0 bridgehead atoms. The van der Waals surface area contributed by atoms with Crippen molar-refractivity contribution in [3.8, 4) is 28.7 Å². The van der Waals surface area contributed by atoms with Crippen molar-refractivity contribution in [2.45, 2.75) is 88.9 Å². The van der Waals surface area contributed by atoms with Gasteiger partial charge in [0.05, 0.1) is 19.3 Å². The van der Waals surface area contributed by atoms with Gasteiger partial charge in [-0.25, -0.2) is 0 Å². The Bertz CT molecular complexity index is 2330. The molecule has 6 N–H and O–H groups in total. The Labute approximate surface area is 346 Å². The third-order valence-corrected chi connectivity index (χ3v) is 11.9. The second-order valence-corrected chi connectivity index (χ2v) is 16.1. The van der Waals surface area contributed by atoms with E-state index in [1.165, 1.54) is 6.42 Å². The Balaban J connectivity index is 1.20. The molecule has 5 aromatic carbocycles.